The van der Waals surface area contributed by atoms with Crippen LogP contribution in [0.3, 0.4) is 0 Å². The molecule has 0 aliphatic heterocycles. The van der Waals surface area contributed by atoms with Gasteiger partial charge in [-0.2, -0.15) is 0 Å². The van der Waals surface area contributed by atoms with Crippen LogP contribution in [-0.2, 0) is 0 Å². The number of hydrogen-bond acceptors (Lipinski definition) is 4. The average Bonchev–Trinajstić information content (AvgIpc) is 2.78. The SMILES string of the molecule is CNC(c1cc(OC)cc(OC)c1)c1cc(C)c(C)s1. The molecule has 20 heavy (non-hydrogen) atoms. The number of hydrogen-bond donors (Lipinski definition) is 1. The lowest BCUT2D eigenvalue weighted by atomic mass is 10.0. The minimum atomic E-state index is 0.149. The quantitative estimate of drug-likeness (QED) is 0.911. The Hall–Kier alpha value is -1.52. The van der Waals surface area contributed by atoms with Crippen molar-refractivity contribution in [3.05, 3.63) is 45.1 Å². The van der Waals surface area contributed by atoms with Crippen LogP contribution in [0.4, 0.5) is 0 Å². The predicted molar refractivity (Wildman–Crippen MR) is 84.2 cm³/mol. The Morgan fingerprint density at radius 2 is 1.60 bits per heavy atom. The van der Waals surface area contributed by atoms with E-state index in [-0.39, 0.29) is 6.04 Å². The standard InChI is InChI=1S/C16H21NO2S/c1-10-6-15(20-11(10)2)16(17-3)12-7-13(18-4)9-14(8-12)19-5/h6-9,16-17H,1-5H3. The van der Waals surface area contributed by atoms with Gasteiger partial charge in [0.05, 0.1) is 20.3 Å². The van der Waals surface area contributed by atoms with Crippen LogP contribution in [0.25, 0.3) is 0 Å². The molecule has 1 heterocycles. The van der Waals surface area contributed by atoms with Crippen LogP contribution < -0.4 is 14.8 Å². The number of methoxy groups -OCH3 is 2. The smallest absolute Gasteiger partial charge is 0.122 e. The molecule has 1 aromatic heterocycles. The molecule has 2 rings (SSSR count). The molecule has 1 N–H and O–H groups in total. The van der Waals surface area contributed by atoms with Crippen LogP contribution in [0, 0.1) is 13.8 Å². The molecule has 0 saturated heterocycles. The number of thiophene rings is 1. The summed E-state index contributed by atoms with van der Waals surface area (Å²) in [5.41, 5.74) is 2.48. The Morgan fingerprint density at radius 1 is 1.00 bits per heavy atom. The van der Waals surface area contributed by atoms with Gasteiger partial charge in [0.2, 0.25) is 0 Å². The van der Waals surface area contributed by atoms with E-state index in [1.165, 1.54) is 15.3 Å². The third kappa shape index (κ3) is 2.97. The van der Waals surface area contributed by atoms with Crippen LogP contribution in [0.15, 0.2) is 24.3 Å². The van der Waals surface area contributed by atoms with E-state index < -0.39 is 0 Å². The van der Waals surface area contributed by atoms with Crippen LogP contribution in [0.5, 0.6) is 11.5 Å². The van der Waals surface area contributed by atoms with Gasteiger partial charge in [0.25, 0.3) is 0 Å². The second-order valence-corrected chi connectivity index (χ2v) is 6.04. The molecule has 0 amide bonds. The summed E-state index contributed by atoms with van der Waals surface area (Å²) >= 11 is 1.82. The topological polar surface area (TPSA) is 30.5 Å². The fourth-order valence-electron chi connectivity index (χ4n) is 2.21. The molecule has 3 nitrogen and oxygen atoms in total. The highest BCUT2D eigenvalue weighted by molar-refractivity contribution is 7.12. The van der Waals surface area contributed by atoms with Crippen molar-refractivity contribution in [2.24, 2.45) is 0 Å². The fourth-order valence-corrected chi connectivity index (χ4v) is 3.39. The van der Waals surface area contributed by atoms with Crippen molar-refractivity contribution in [2.75, 3.05) is 21.3 Å². The highest BCUT2D eigenvalue weighted by atomic mass is 32.1. The number of rotatable bonds is 5. The first-order valence-electron chi connectivity index (χ1n) is 6.56. The number of nitrogens with one attached hydrogen (secondary N) is 1. The summed E-state index contributed by atoms with van der Waals surface area (Å²) in [6, 6.07) is 8.38. The van der Waals surface area contributed by atoms with E-state index in [0.29, 0.717) is 0 Å². The summed E-state index contributed by atoms with van der Waals surface area (Å²) in [5.74, 6) is 1.62. The van der Waals surface area contributed by atoms with Gasteiger partial charge < -0.3 is 14.8 Å². The minimum absolute atomic E-state index is 0.149. The summed E-state index contributed by atoms with van der Waals surface area (Å²) in [6.07, 6.45) is 0. The van der Waals surface area contributed by atoms with Crippen molar-refractivity contribution >= 4 is 11.3 Å². The lowest BCUT2D eigenvalue weighted by Gasteiger charge is -2.17. The Labute approximate surface area is 124 Å². The van der Waals surface area contributed by atoms with E-state index in [9.17, 15) is 0 Å². The van der Waals surface area contributed by atoms with Gasteiger partial charge in [-0.3, -0.25) is 0 Å². The average molecular weight is 291 g/mol. The van der Waals surface area contributed by atoms with Crippen molar-refractivity contribution in [3.63, 3.8) is 0 Å². The first kappa shape index (κ1) is 14.9. The maximum Gasteiger partial charge on any atom is 0.122 e. The lowest BCUT2D eigenvalue weighted by Crippen LogP contribution is -2.16. The Kier molecular flexibility index (Phi) is 4.68. The van der Waals surface area contributed by atoms with Crippen LogP contribution in [0.1, 0.15) is 26.9 Å². The molecule has 0 radical (unpaired) electrons. The Balaban J connectivity index is 2.45. The van der Waals surface area contributed by atoms with E-state index in [1.807, 2.05) is 36.6 Å². The number of ether oxygens (including phenoxy) is 2. The molecular weight excluding hydrogens is 270 g/mol. The van der Waals surface area contributed by atoms with Crippen LogP contribution >= 0.6 is 11.3 Å². The molecule has 0 bridgehead atoms. The molecule has 1 unspecified atom stereocenters. The van der Waals surface area contributed by atoms with Gasteiger partial charge in [0, 0.05) is 15.8 Å². The van der Waals surface area contributed by atoms with E-state index >= 15 is 0 Å². The zero-order valence-electron chi connectivity index (χ0n) is 12.6. The maximum absolute atomic E-state index is 5.35. The molecule has 2 aromatic rings. The Bertz CT molecular complexity index is 550. The number of aryl methyl sites for hydroxylation is 2. The summed E-state index contributed by atoms with van der Waals surface area (Å²) in [4.78, 5) is 2.66. The highest BCUT2D eigenvalue weighted by Crippen LogP contribution is 2.34. The minimum Gasteiger partial charge on any atom is -0.497 e. The van der Waals surface area contributed by atoms with Gasteiger partial charge in [-0.15, -0.1) is 11.3 Å². The van der Waals surface area contributed by atoms with Gasteiger partial charge in [-0.1, -0.05) is 0 Å². The van der Waals surface area contributed by atoms with Crippen molar-refractivity contribution in [1.29, 1.82) is 0 Å². The molecule has 1 aromatic carbocycles. The molecule has 1 atom stereocenters. The van der Waals surface area contributed by atoms with Crippen LogP contribution in [0.2, 0.25) is 0 Å². The molecule has 108 valence electrons. The molecule has 0 spiro atoms. The molecule has 0 aliphatic carbocycles. The Morgan fingerprint density at radius 3 is 2.00 bits per heavy atom. The van der Waals surface area contributed by atoms with Gasteiger partial charge in [-0.05, 0) is 50.2 Å². The third-order valence-electron chi connectivity index (χ3n) is 3.47. The maximum atomic E-state index is 5.35. The van der Waals surface area contributed by atoms with E-state index in [1.54, 1.807) is 14.2 Å². The summed E-state index contributed by atoms with van der Waals surface area (Å²) < 4.78 is 10.7. The summed E-state index contributed by atoms with van der Waals surface area (Å²) in [7, 11) is 5.32. The largest absolute Gasteiger partial charge is 0.497 e. The molecule has 0 aliphatic rings. The van der Waals surface area contributed by atoms with Gasteiger partial charge in [0.1, 0.15) is 11.5 Å². The third-order valence-corrected chi connectivity index (χ3v) is 4.68. The van der Waals surface area contributed by atoms with Crippen molar-refractivity contribution < 1.29 is 9.47 Å². The molecular formula is C16H21NO2S. The van der Waals surface area contributed by atoms with Gasteiger partial charge >= 0.3 is 0 Å². The van der Waals surface area contributed by atoms with E-state index in [4.69, 9.17) is 9.47 Å². The molecule has 0 fully saturated rings. The van der Waals surface area contributed by atoms with E-state index in [0.717, 1.165) is 17.1 Å². The molecule has 4 heteroatoms. The van der Waals surface area contributed by atoms with Crippen molar-refractivity contribution in [2.45, 2.75) is 19.9 Å². The van der Waals surface area contributed by atoms with Gasteiger partial charge in [-0.25, -0.2) is 0 Å². The molecule has 0 saturated carbocycles. The van der Waals surface area contributed by atoms with Crippen molar-refractivity contribution in [1.82, 2.24) is 5.32 Å². The van der Waals surface area contributed by atoms with Crippen LogP contribution in [-0.4, -0.2) is 21.3 Å². The normalized spacial score (nSPS) is 12.2. The fraction of sp³-hybridized carbons (Fsp3) is 0.375. The summed E-state index contributed by atoms with van der Waals surface area (Å²) in [5, 5.41) is 3.38. The summed E-state index contributed by atoms with van der Waals surface area (Å²) in [6.45, 7) is 4.30. The second-order valence-electron chi connectivity index (χ2n) is 4.76. The lowest BCUT2D eigenvalue weighted by molar-refractivity contribution is 0.392. The van der Waals surface area contributed by atoms with E-state index in [2.05, 4.69) is 25.2 Å². The predicted octanol–water partition coefficient (Wildman–Crippen LogP) is 3.69. The number of benzene rings is 1. The zero-order valence-corrected chi connectivity index (χ0v) is 13.4. The highest BCUT2D eigenvalue weighted by Gasteiger charge is 2.17. The monoisotopic (exact) mass is 291 g/mol. The first-order valence-corrected chi connectivity index (χ1v) is 7.37. The van der Waals surface area contributed by atoms with Gasteiger partial charge in [0.15, 0.2) is 0 Å². The second kappa shape index (κ2) is 6.29. The zero-order chi connectivity index (χ0) is 14.7. The van der Waals surface area contributed by atoms with Crippen molar-refractivity contribution in [3.8, 4) is 11.5 Å². The first-order chi connectivity index (χ1) is 9.58.